The van der Waals surface area contributed by atoms with Crippen LogP contribution in [0.4, 0.5) is 0 Å². The molecule has 4 rings (SSSR count). The SMILES string of the molecule is O=C1NC(c2ccc(S(=O)(=O)O)cc2)=C2C(=O)NC(c3ccc(Cl)cc3)=C12. The van der Waals surface area contributed by atoms with Gasteiger partial charge in [0.25, 0.3) is 21.9 Å². The van der Waals surface area contributed by atoms with Crippen LogP contribution in [0.2, 0.25) is 5.02 Å². The molecular formula is C18H11ClN2O5S. The fourth-order valence-corrected chi connectivity index (χ4v) is 3.63. The topological polar surface area (TPSA) is 113 Å². The highest BCUT2D eigenvalue weighted by atomic mass is 35.5. The van der Waals surface area contributed by atoms with Crippen LogP contribution in [0.3, 0.4) is 0 Å². The zero-order valence-electron chi connectivity index (χ0n) is 13.5. The summed E-state index contributed by atoms with van der Waals surface area (Å²) in [6.07, 6.45) is 0. The Kier molecular flexibility index (Phi) is 3.92. The first kappa shape index (κ1) is 17.5. The standard InChI is InChI=1S/C18H11ClN2O5S/c19-11-5-1-9(2-6-11)15-13-14(18(23)20-15)16(21-17(13)22)10-3-7-12(8-4-10)27(24,25)26/h1-8H,(H,20,23)(H,21,22)(H,24,25,26). The van der Waals surface area contributed by atoms with E-state index in [1.165, 1.54) is 24.3 Å². The summed E-state index contributed by atoms with van der Waals surface area (Å²) in [4.78, 5) is 24.7. The molecule has 0 saturated heterocycles. The molecule has 9 heteroatoms. The number of hydrogen-bond acceptors (Lipinski definition) is 4. The molecule has 2 aromatic rings. The molecule has 2 aliphatic heterocycles. The third-order valence-electron chi connectivity index (χ3n) is 4.25. The van der Waals surface area contributed by atoms with Crippen molar-refractivity contribution in [3.8, 4) is 0 Å². The number of amides is 2. The van der Waals surface area contributed by atoms with Crippen molar-refractivity contribution in [2.75, 3.05) is 0 Å². The second-order valence-electron chi connectivity index (χ2n) is 5.91. The molecule has 2 amide bonds. The van der Waals surface area contributed by atoms with Gasteiger partial charge in [0.05, 0.1) is 27.4 Å². The molecule has 0 atom stereocenters. The average molecular weight is 403 g/mol. The van der Waals surface area contributed by atoms with Crippen LogP contribution >= 0.6 is 11.6 Å². The molecule has 27 heavy (non-hydrogen) atoms. The molecule has 2 heterocycles. The lowest BCUT2D eigenvalue weighted by atomic mass is 10.0. The maximum atomic E-state index is 12.5. The van der Waals surface area contributed by atoms with Gasteiger partial charge in [0.1, 0.15) is 0 Å². The molecule has 2 aromatic carbocycles. The molecule has 0 radical (unpaired) electrons. The monoisotopic (exact) mass is 402 g/mol. The molecular weight excluding hydrogens is 392 g/mol. The largest absolute Gasteiger partial charge is 0.321 e. The number of rotatable bonds is 3. The summed E-state index contributed by atoms with van der Waals surface area (Å²) >= 11 is 5.88. The van der Waals surface area contributed by atoms with Gasteiger partial charge in [-0.3, -0.25) is 14.1 Å². The van der Waals surface area contributed by atoms with E-state index in [0.29, 0.717) is 21.8 Å². The van der Waals surface area contributed by atoms with E-state index in [-0.39, 0.29) is 21.7 Å². The second-order valence-corrected chi connectivity index (χ2v) is 7.77. The molecule has 0 aromatic heterocycles. The van der Waals surface area contributed by atoms with E-state index in [0.717, 1.165) is 0 Å². The van der Waals surface area contributed by atoms with E-state index >= 15 is 0 Å². The Morgan fingerprint density at radius 1 is 0.741 bits per heavy atom. The van der Waals surface area contributed by atoms with Crippen molar-refractivity contribution in [3.05, 3.63) is 75.8 Å². The van der Waals surface area contributed by atoms with Crippen molar-refractivity contribution in [3.63, 3.8) is 0 Å². The molecule has 2 aliphatic rings. The van der Waals surface area contributed by atoms with Crippen LogP contribution < -0.4 is 10.6 Å². The molecule has 0 fully saturated rings. The Bertz CT molecular complexity index is 1160. The Balaban J connectivity index is 1.84. The van der Waals surface area contributed by atoms with E-state index in [1.807, 2.05) is 0 Å². The van der Waals surface area contributed by atoms with Crippen molar-refractivity contribution in [1.29, 1.82) is 0 Å². The van der Waals surface area contributed by atoms with Crippen LogP contribution in [-0.2, 0) is 19.7 Å². The van der Waals surface area contributed by atoms with Crippen LogP contribution in [0.5, 0.6) is 0 Å². The van der Waals surface area contributed by atoms with E-state index < -0.39 is 21.9 Å². The molecule has 3 N–H and O–H groups in total. The van der Waals surface area contributed by atoms with E-state index in [4.69, 9.17) is 16.2 Å². The molecule has 0 saturated carbocycles. The molecule has 136 valence electrons. The number of hydrogen-bond donors (Lipinski definition) is 3. The smallest absolute Gasteiger partial charge is 0.294 e. The highest BCUT2D eigenvalue weighted by Gasteiger charge is 2.40. The van der Waals surface area contributed by atoms with Crippen molar-refractivity contribution in [2.24, 2.45) is 0 Å². The zero-order valence-corrected chi connectivity index (χ0v) is 15.1. The highest BCUT2D eigenvalue weighted by Crippen LogP contribution is 2.37. The fourth-order valence-electron chi connectivity index (χ4n) is 3.02. The number of halogens is 1. The average Bonchev–Trinajstić information content (AvgIpc) is 3.14. The lowest BCUT2D eigenvalue weighted by molar-refractivity contribution is -0.117. The van der Waals surface area contributed by atoms with E-state index in [9.17, 15) is 18.0 Å². The minimum absolute atomic E-state index is 0.185. The molecule has 7 nitrogen and oxygen atoms in total. The Morgan fingerprint density at radius 3 is 1.56 bits per heavy atom. The molecule has 0 unspecified atom stereocenters. The normalized spacial score (nSPS) is 16.5. The summed E-state index contributed by atoms with van der Waals surface area (Å²) in [6.45, 7) is 0. The predicted octanol–water partition coefficient (Wildman–Crippen LogP) is 1.97. The highest BCUT2D eigenvalue weighted by molar-refractivity contribution is 7.85. The van der Waals surface area contributed by atoms with Crippen LogP contribution in [0.25, 0.3) is 11.4 Å². The van der Waals surface area contributed by atoms with Gasteiger partial charge in [-0.1, -0.05) is 35.9 Å². The number of fused-ring (bicyclic) bond motifs is 1. The lowest BCUT2D eigenvalue weighted by Gasteiger charge is -2.07. The fraction of sp³-hybridized carbons (Fsp3) is 0. The van der Waals surface area contributed by atoms with Gasteiger partial charge in [-0.15, -0.1) is 0 Å². The van der Waals surface area contributed by atoms with Crippen molar-refractivity contribution in [2.45, 2.75) is 4.90 Å². The van der Waals surface area contributed by atoms with Crippen LogP contribution in [0, 0.1) is 0 Å². The third-order valence-corrected chi connectivity index (χ3v) is 5.37. The summed E-state index contributed by atoms with van der Waals surface area (Å²) in [5.74, 6) is -0.885. The second kappa shape index (κ2) is 6.05. The van der Waals surface area contributed by atoms with Crippen molar-refractivity contribution < 1.29 is 22.6 Å². The lowest BCUT2D eigenvalue weighted by Crippen LogP contribution is -2.21. The number of benzene rings is 2. The first-order valence-electron chi connectivity index (χ1n) is 7.71. The number of nitrogens with one attached hydrogen (secondary N) is 2. The Labute approximate surface area is 159 Å². The maximum absolute atomic E-state index is 12.5. The van der Waals surface area contributed by atoms with E-state index in [2.05, 4.69) is 10.6 Å². The van der Waals surface area contributed by atoms with Gasteiger partial charge in [0, 0.05) is 5.02 Å². The summed E-state index contributed by atoms with van der Waals surface area (Å²) in [5, 5.41) is 5.88. The number of carbonyl (C=O) groups excluding carboxylic acids is 2. The Morgan fingerprint density at radius 2 is 1.15 bits per heavy atom. The van der Waals surface area contributed by atoms with Gasteiger partial charge in [-0.25, -0.2) is 0 Å². The van der Waals surface area contributed by atoms with E-state index in [1.54, 1.807) is 24.3 Å². The van der Waals surface area contributed by atoms with Gasteiger partial charge in [-0.2, -0.15) is 8.42 Å². The van der Waals surface area contributed by atoms with Crippen molar-refractivity contribution in [1.82, 2.24) is 10.6 Å². The minimum Gasteiger partial charge on any atom is -0.321 e. The van der Waals surface area contributed by atoms with Crippen LogP contribution in [0.15, 0.2) is 64.6 Å². The summed E-state index contributed by atoms with van der Waals surface area (Å²) < 4.78 is 31.4. The Hall–Kier alpha value is -2.94. The molecule has 0 aliphatic carbocycles. The minimum atomic E-state index is -4.33. The van der Waals surface area contributed by atoms with Crippen molar-refractivity contribution >= 4 is 44.9 Å². The quantitative estimate of drug-likeness (QED) is 0.679. The predicted molar refractivity (Wildman–Crippen MR) is 97.8 cm³/mol. The number of carbonyl (C=O) groups is 2. The first-order chi connectivity index (χ1) is 12.8. The first-order valence-corrected chi connectivity index (χ1v) is 9.53. The van der Waals surface area contributed by atoms with Crippen LogP contribution in [-0.4, -0.2) is 24.8 Å². The van der Waals surface area contributed by atoms with Gasteiger partial charge < -0.3 is 10.6 Å². The van der Waals surface area contributed by atoms with Gasteiger partial charge in [0.15, 0.2) is 0 Å². The maximum Gasteiger partial charge on any atom is 0.294 e. The van der Waals surface area contributed by atoms with Crippen LogP contribution in [0.1, 0.15) is 11.1 Å². The summed E-state index contributed by atoms with van der Waals surface area (Å²) in [6, 6.07) is 11.9. The summed E-state index contributed by atoms with van der Waals surface area (Å²) in [5.41, 5.74) is 2.14. The molecule has 0 bridgehead atoms. The summed E-state index contributed by atoms with van der Waals surface area (Å²) in [7, 11) is -4.33. The zero-order chi connectivity index (χ0) is 19.3. The van der Waals surface area contributed by atoms with Gasteiger partial charge in [0.2, 0.25) is 0 Å². The van der Waals surface area contributed by atoms with Gasteiger partial charge >= 0.3 is 0 Å². The third kappa shape index (κ3) is 2.93. The molecule has 0 spiro atoms. The van der Waals surface area contributed by atoms with Gasteiger partial charge in [-0.05, 0) is 35.4 Å².